The van der Waals surface area contributed by atoms with Crippen LogP contribution in [-0.4, -0.2) is 29.3 Å². The van der Waals surface area contributed by atoms with Crippen molar-refractivity contribution < 1.29 is 34.8 Å². The van der Waals surface area contributed by atoms with Crippen molar-refractivity contribution in [3.8, 4) is 0 Å². The third-order valence-corrected chi connectivity index (χ3v) is 9.71. The van der Waals surface area contributed by atoms with E-state index in [2.05, 4.69) is 10.0 Å². The number of anilines is 3. The van der Waals surface area contributed by atoms with Crippen LogP contribution in [0.4, 0.5) is 30.2 Å². The van der Waals surface area contributed by atoms with Gasteiger partial charge in [-0.05, 0) is 66.7 Å². The molecule has 0 aliphatic carbocycles. The zero-order chi connectivity index (χ0) is 30.7. The molecule has 2 N–H and O–H groups in total. The van der Waals surface area contributed by atoms with Crippen LogP contribution in [0.2, 0.25) is 10.0 Å². The highest BCUT2D eigenvalue weighted by Crippen LogP contribution is 2.34. The van der Waals surface area contributed by atoms with E-state index in [0.29, 0.717) is 10.4 Å². The highest BCUT2D eigenvalue weighted by atomic mass is 35.5. The number of halogens is 5. The molecule has 0 bridgehead atoms. The van der Waals surface area contributed by atoms with E-state index >= 15 is 0 Å². The number of alkyl halides is 3. The van der Waals surface area contributed by atoms with Crippen molar-refractivity contribution in [1.82, 2.24) is 0 Å². The van der Waals surface area contributed by atoms with Gasteiger partial charge in [-0.2, -0.15) is 13.2 Å². The summed E-state index contributed by atoms with van der Waals surface area (Å²) in [5.41, 5.74) is -1.33. The summed E-state index contributed by atoms with van der Waals surface area (Å²) in [6, 6.07) is 19.8. The molecule has 4 aromatic carbocycles. The molecule has 15 heteroatoms. The first-order valence-electron chi connectivity index (χ1n) is 11.8. The van der Waals surface area contributed by atoms with Crippen LogP contribution in [0.15, 0.2) is 107 Å². The minimum atomic E-state index is -4.75. The standard InChI is InChI=1S/C27H20Cl2F3N3O5S2/c28-23-10-5-11-24(26(23)29)34-41(37,38)21-14-12-19(13-15-21)33-25(36)17-35(42(39,40)22-8-2-1-3-9-22)20-7-4-6-18(16-20)27(30,31)32/h1-16,34H,17H2,(H,33,36). The van der Waals surface area contributed by atoms with Crippen molar-refractivity contribution in [3.05, 3.63) is 113 Å². The molecule has 1 amide bonds. The van der Waals surface area contributed by atoms with Crippen molar-refractivity contribution in [2.75, 3.05) is 20.9 Å². The molecule has 0 radical (unpaired) electrons. The van der Waals surface area contributed by atoms with Crippen molar-refractivity contribution >= 4 is 66.2 Å². The second kappa shape index (κ2) is 12.2. The van der Waals surface area contributed by atoms with Gasteiger partial charge in [0.05, 0.1) is 36.8 Å². The van der Waals surface area contributed by atoms with Crippen LogP contribution >= 0.6 is 23.2 Å². The van der Waals surface area contributed by atoms with E-state index in [1.54, 1.807) is 6.07 Å². The number of rotatable bonds is 9. The largest absolute Gasteiger partial charge is 0.416 e. The lowest BCUT2D eigenvalue weighted by molar-refractivity contribution is -0.137. The quantitative estimate of drug-likeness (QED) is 0.209. The van der Waals surface area contributed by atoms with Gasteiger partial charge in [0.1, 0.15) is 6.54 Å². The van der Waals surface area contributed by atoms with Gasteiger partial charge < -0.3 is 5.32 Å². The summed E-state index contributed by atoms with van der Waals surface area (Å²) in [6.45, 7) is -0.882. The van der Waals surface area contributed by atoms with Crippen LogP contribution in [0.1, 0.15) is 5.56 Å². The first-order chi connectivity index (χ1) is 19.7. The molecule has 0 spiro atoms. The molecule has 0 saturated carbocycles. The Bertz CT molecular complexity index is 1820. The number of amides is 1. The predicted octanol–water partition coefficient (Wildman–Crippen LogP) is 6.65. The van der Waals surface area contributed by atoms with E-state index < -0.39 is 44.2 Å². The van der Waals surface area contributed by atoms with Gasteiger partial charge in [-0.25, -0.2) is 16.8 Å². The molecule has 0 heterocycles. The van der Waals surface area contributed by atoms with Crippen LogP contribution in [0.3, 0.4) is 0 Å². The number of nitrogens with one attached hydrogen (secondary N) is 2. The molecule has 0 aliphatic rings. The van der Waals surface area contributed by atoms with E-state index in [1.165, 1.54) is 66.7 Å². The Labute approximate surface area is 249 Å². The van der Waals surface area contributed by atoms with Gasteiger partial charge in [0.2, 0.25) is 5.91 Å². The van der Waals surface area contributed by atoms with E-state index in [1.807, 2.05) is 0 Å². The van der Waals surface area contributed by atoms with E-state index in [9.17, 15) is 34.8 Å². The number of hydrogen-bond donors (Lipinski definition) is 2. The lowest BCUT2D eigenvalue weighted by atomic mass is 10.2. The molecule has 0 atom stereocenters. The third-order valence-electron chi connectivity index (χ3n) is 5.72. The number of carbonyl (C=O) groups is 1. The van der Waals surface area contributed by atoms with Gasteiger partial charge in [-0.1, -0.05) is 53.5 Å². The van der Waals surface area contributed by atoms with Gasteiger partial charge in [-0.3, -0.25) is 13.8 Å². The molecule has 220 valence electrons. The number of sulfonamides is 2. The minimum absolute atomic E-state index is 0.00223. The van der Waals surface area contributed by atoms with Crippen LogP contribution in [-0.2, 0) is 31.0 Å². The third kappa shape index (κ3) is 7.16. The van der Waals surface area contributed by atoms with Gasteiger partial charge >= 0.3 is 6.18 Å². The summed E-state index contributed by atoms with van der Waals surface area (Å²) in [4.78, 5) is 12.5. The van der Waals surface area contributed by atoms with Gasteiger partial charge in [0.25, 0.3) is 20.0 Å². The van der Waals surface area contributed by atoms with Crippen LogP contribution in [0, 0.1) is 0 Å². The lowest BCUT2D eigenvalue weighted by Crippen LogP contribution is -2.38. The smallest absolute Gasteiger partial charge is 0.325 e. The fraction of sp³-hybridized carbons (Fsp3) is 0.0741. The van der Waals surface area contributed by atoms with Crippen molar-refractivity contribution in [2.45, 2.75) is 16.0 Å². The second-order valence-corrected chi connectivity index (χ2v) is 13.0. The number of hydrogen-bond acceptors (Lipinski definition) is 5. The van der Waals surface area contributed by atoms with Gasteiger partial charge in [0, 0.05) is 5.69 Å². The van der Waals surface area contributed by atoms with Crippen molar-refractivity contribution in [1.29, 1.82) is 0 Å². The monoisotopic (exact) mass is 657 g/mol. The molecular weight excluding hydrogens is 638 g/mol. The second-order valence-electron chi connectivity index (χ2n) is 8.65. The topological polar surface area (TPSA) is 113 Å². The summed E-state index contributed by atoms with van der Waals surface area (Å²) < 4.78 is 95.4. The lowest BCUT2D eigenvalue weighted by Gasteiger charge is -2.25. The number of nitrogens with zero attached hydrogens (tertiary/aromatic N) is 1. The summed E-state index contributed by atoms with van der Waals surface area (Å²) >= 11 is 12.0. The average Bonchev–Trinajstić information content (AvgIpc) is 2.94. The summed E-state index contributed by atoms with van der Waals surface area (Å²) in [7, 11) is -8.57. The number of carbonyl (C=O) groups excluding carboxylic acids is 1. The Morgan fingerprint density at radius 1 is 0.786 bits per heavy atom. The number of benzene rings is 4. The van der Waals surface area contributed by atoms with Crippen molar-refractivity contribution in [2.24, 2.45) is 0 Å². The van der Waals surface area contributed by atoms with Gasteiger partial charge in [-0.15, -0.1) is 0 Å². The zero-order valence-corrected chi connectivity index (χ0v) is 24.3. The minimum Gasteiger partial charge on any atom is -0.325 e. The summed E-state index contributed by atoms with van der Waals surface area (Å²) in [6.07, 6.45) is -4.75. The molecule has 0 saturated heterocycles. The highest BCUT2D eigenvalue weighted by Gasteiger charge is 2.33. The Hall–Kier alpha value is -3.78. The normalized spacial score (nSPS) is 12.0. The zero-order valence-electron chi connectivity index (χ0n) is 21.1. The molecule has 0 aromatic heterocycles. The van der Waals surface area contributed by atoms with Crippen molar-refractivity contribution in [3.63, 3.8) is 0 Å². The maximum absolute atomic E-state index is 13.4. The molecule has 4 aromatic rings. The maximum atomic E-state index is 13.4. The molecule has 0 fully saturated rings. The molecule has 8 nitrogen and oxygen atoms in total. The Kier molecular flexibility index (Phi) is 9.06. The van der Waals surface area contributed by atoms with Gasteiger partial charge in [0.15, 0.2) is 0 Å². The fourth-order valence-electron chi connectivity index (χ4n) is 3.71. The maximum Gasteiger partial charge on any atom is 0.416 e. The van der Waals surface area contributed by atoms with E-state index in [4.69, 9.17) is 23.2 Å². The summed E-state index contributed by atoms with van der Waals surface area (Å²) in [5.74, 6) is -0.897. The predicted molar refractivity (Wildman–Crippen MR) is 155 cm³/mol. The highest BCUT2D eigenvalue weighted by molar-refractivity contribution is 7.93. The Balaban J connectivity index is 1.57. The van der Waals surface area contributed by atoms with Crippen LogP contribution in [0.25, 0.3) is 0 Å². The van der Waals surface area contributed by atoms with Crippen LogP contribution < -0.4 is 14.3 Å². The first kappa shape index (κ1) is 31.2. The Morgan fingerprint density at radius 2 is 1.43 bits per heavy atom. The molecular formula is C27H20Cl2F3N3O5S2. The molecule has 0 unspecified atom stereocenters. The summed E-state index contributed by atoms with van der Waals surface area (Å²) in [5, 5.41) is 2.58. The Morgan fingerprint density at radius 3 is 2.07 bits per heavy atom. The average molecular weight is 659 g/mol. The van der Waals surface area contributed by atoms with Crippen LogP contribution in [0.5, 0.6) is 0 Å². The molecule has 0 aliphatic heterocycles. The fourth-order valence-corrected chi connectivity index (χ4v) is 6.62. The van der Waals surface area contributed by atoms with E-state index in [-0.39, 0.29) is 36.9 Å². The molecule has 4 rings (SSSR count). The van der Waals surface area contributed by atoms with E-state index in [0.717, 1.165) is 18.2 Å². The first-order valence-corrected chi connectivity index (χ1v) is 15.5. The molecule has 42 heavy (non-hydrogen) atoms. The SMILES string of the molecule is O=C(CN(c1cccc(C(F)(F)F)c1)S(=O)(=O)c1ccccc1)Nc1ccc(S(=O)(=O)Nc2cccc(Cl)c2Cl)cc1.